The van der Waals surface area contributed by atoms with E-state index in [2.05, 4.69) is 15.5 Å². The second-order valence-corrected chi connectivity index (χ2v) is 11.0. The van der Waals surface area contributed by atoms with Gasteiger partial charge in [-0.25, -0.2) is 4.98 Å². The number of carbonyl (C=O) groups excluding carboxylic acids is 2. The molecule has 3 heterocycles. The molecule has 2 amide bonds. The number of ether oxygens (including phenoxy) is 1. The van der Waals surface area contributed by atoms with E-state index >= 15 is 0 Å². The molecule has 2 aliphatic heterocycles. The van der Waals surface area contributed by atoms with Gasteiger partial charge in [0.1, 0.15) is 11.6 Å². The first-order valence-electron chi connectivity index (χ1n) is 12.5. The Labute approximate surface area is 211 Å². The van der Waals surface area contributed by atoms with Crippen LogP contribution in [0.4, 0.5) is 5.82 Å². The molecule has 1 aromatic carbocycles. The fraction of sp³-hybridized carbons (Fsp3) is 0.519. The van der Waals surface area contributed by atoms with Crippen LogP contribution in [0.1, 0.15) is 68.4 Å². The summed E-state index contributed by atoms with van der Waals surface area (Å²) in [5.41, 5.74) is 0.411. The third-order valence-corrected chi connectivity index (χ3v) is 7.55. The maximum Gasteiger partial charge on any atom is 0.263 e. The van der Waals surface area contributed by atoms with Gasteiger partial charge < -0.3 is 20.3 Å². The normalized spacial score (nSPS) is 23.7. The van der Waals surface area contributed by atoms with Crippen molar-refractivity contribution in [2.45, 2.75) is 89.1 Å². The van der Waals surface area contributed by atoms with E-state index in [0.717, 1.165) is 50.0 Å². The zero-order valence-electron chi connectivity index (χ0n) is 20.5. The number of benzene rings is 1. The summed E-state index contributed by atoms with van der Waals surface area (Å²) < 4.78 is 5.97. The van der Waals surface area contributed by atoms with E-state index in [4.69, 9.17) is 21.3 Å². The molecular weight excluding hydrogens is 464 g/mol. The van der Waals surface area contributed by atoms with E-state index in [-0.39, 0.29) is 17.9 Å². The van der Waals surface area contributed by atoms with E-state index in [9.17, 15) is 9.59 Å². The van der Waals surface area contributed by atoms with Crippen LogP contribution in [-0.4, -0.2) is 46.6 Å². The smallest absolute Gasteiger partial charge is 0.263 e. The van der Waals surface area contributed by atoms with Crippen molar-refractivity contribution in [2.75, 3.05) is 4.90 Å². The third-order valence-electron chi connectivity index (χ3n) is 7.29. The number of rotatable bonds is 7. The first-order chi connectivity index (χ1) is 16.7. The molecule has 35 heavy (non-hydrogen) atoms. The van der Waals surface area contributed by atoms with Crippen molar-refractivity contribution in [2.24, 2.45) is 0 Å². The zero-order chi connectivity index (χ0) is 24.7. The molecule has 1 aromatic heterocycles. The van der Waals surface area contributed by atoms with Crippen LogP contribution in [-0.2, 0) is 4.79 Å². The van der Waals surface area contributed by atoms with Gasteiger partial charge in [0, 0.05) is 29.2 Å². The lowest BCUT2D eigenvalue weighted by molar-refractivity contribution is -0.135. The van der Waals surface area contributed by atoms with Gasteiger partial charge in [0.15, 0.2) is 5.60 Å². The monoisotopic (exact) mass is 496 g/mol. The minimum Gasteiger partial charge on any atom is -0.478 e. The number of hydrogen-bond donors (Lipinski definition) is 2. The number of nitrogens with one attached hydrogen (secondary N) is 2. The second kappa shape index (κ2) is 9.34. The Morgan fingerprint density at radius 3 is 2.23 bits per heavy atom. The molecule has 7 nitrogen and oxygen atoms in total. The van der Waals surface area contributed by atoms with Crippen molar-refractivity contribution in [1.29, 1.82) is 0 Å². The Morgan fingerprint density at radius 1 is 0.971 bits per heavy atom. The van der Waals surface area contributed by atoms with Crippen LogP contribution in [0.5, 0.6) is 5.75 Å². The Balaban J connectivity index is 1.21. The van der Waals surface area contributed by atoms with E-state index in [1.165, 1.54) is 0 Å². The summed E-state index contributed by atoms with van der Waals surface area (Å²) in [6.07, 6.45) is 6.01. The van der Waals surface area contributed by atoms with Crippen LogP contribution in [0.25, 0.3) is 0 Å². The highest BCUT2D eigenvalue weighted by molar-refractivity contribution is 6.30. The highest BCUT2D eigenvalue weighted by Crippen LogP contribution is 2.39. The number of pyridine rings is 1. The van der Waals surface area contributed by atoms with E-state index < -0.39 is 5.60 Å². The summed E-state index contributed by atoms with van der Waals surface area (Å²) >= 11 is 5.95. The lowest BCUT2D eigenvalue weighted by Crippen LogP contribution is -2.55. The average Bonchev–Trinajstić information content (AvgIpc) is 3.58. The van der Waals surface area contributed by atoms with Crippen molar-refractivity contribution >= 4 is 29.2 Å². The van der Waals surface area contributed by atoms with Gasteiger partial charge >= 0.3 is 0 Å². The summed E-state index contributed by atoms with van der Waals surface area (Å²) in [7, 11) is 0. The molecule has 186 valence electrons. The first kappa shape index (κ1) is 23.9. The summed E-state index contributed by atoms with van der Waals surface area (Å²) in [5.74, 6) is 1.39. The molecule has 3 aliphatic rings. The molecule has 2 N–H and O–H groups in total. The van der Waals surface area contributed by atoms with Crippen molar-refractivity contribution in [3.05, 3.63) is 52.7 Å². The van der Waals surface area contributed by atoms with Crippen LogP contribution in [0.15, 0.2) is 36.4 Å². The number of fused-ring (bicyclic) bond motifs is 2. The van der Waals surface area contributed by atoms with E-state index in [0.29, 0.717) is 34.5 Å². The summed E-state index contributed by atoms with van der Waals surface area (Å²) in [5, 5.41) is 6.91. The number of hydrogen-bond acceptors (Lipinski definition) is 5. The van der Waals surface area contributed by atoms with Gasteiger partial charge in [0.2, 0.25) is 0 Å². The SMILES string of the molecule is Cc1nc(N2C3CCC2CC(NC(=O)C(C)(C)Oc2ccc(Cl)cc2)C3)ccc1C(=O)NC1CC1. The fourth-order valence-corrected chi connectivity index (χ4v) is 5.42. The van der Waals surface area contributed by atoms with Crippen molar-refractivity contribution in [3.63, 3.8) is 0 Å². The average molecular weight is 497 g/mol. The Kier molecular flexibility index (Phi) is 6.38. The van der Waals surface area contributed by atoms with Crippen LogP contribution in [0.2, 0.25) is 5.02 Å². The molecule has 5 rings (SSSR count). The molecule has 3 fully saturated rings. The molecule has 2 atom stereocenters. The summed E-state index contributed by atoms with van der Waals surface area (Å²) in [6.45, 7) is 5.48. The number of piperidine rings is 1. The topological polar surface area (TPSA) is 83.6 Å². The lowest BCUT2D eigenvalue weighted by atomic mass is 9.96. The molecule has 2 bridgehead atoms. The quantitative estimate of drug-likeness (QED) is 0.593. The standard InChI is InChI=1S/C27H33ClN4O3/c1-16-23(25(33)30-18-6-7-18)12-13-24(29-16)32-20-8-9-21(32)15-19(14-20)31-26(34)27(2,3)35-22-10-4-17(28)5-11-22/h4-5,10-13,18-21H,6-9,14-15H2,1-3H3,(H,30,33)(H,31,34). The van der Waals surface area contributed by atoms with Crippen LogP contribution < -0.4 is 20.3 Å². The fourth-order valence-electron chi connectivity index (χ4n) is 5.29. The van der Waals surface area contributed by atoms with Crippen LogP contribution in [0.3, 0.4) is 0 Å². The largest absolute Gasteiger partial charge is 0.478 e. The predicted molar refractivity (Wildman–Crippen MR) is 136 cm³/mol. The van der Waals surface area contributed by atoms with Gasteiger partial charge in [0.25, 0.3) is 11.8 Å². The minimum atomic E-state index is -1.00. The van der Waals surface area contributed by atoms with Gasteiger partial charge in [-0.2, -0.15) is 0 Å². The summed E-state index contributed by atoms with van der Waals surface area (Å²) in [4.78, 5) is 32.8. The minimum absolute atomic E-state index is 0.0307. The number of aryl methyl sites for hydroxylation is 1. The maximum absolute atomic E-state index is 13.1. The van der Waals surface area contributed by atoms with Gasteiger partial charge in [-0.15, -0.1) is 0 Å². The number of aromatic nitrogens is 1. The Morgan fingerprint density at radius 2 is 1.63 bits per heavy atom. The van der Waals surface area contributed by atoms with Crippen molar-refractivity contribution in [1.82, 2.24) is 15.6 Å². The molecule has 2 aromatic rings. The predicted octanol–water partition coefficient (Wildman–Crippen LogP) is 4.41. The zero-order valence-corrected chi connectivity index (χ0v) is 21.3. The molecular formula is C27H33ClN4O3. The highest BCUT2D eigenvalue weighted by atomic mass is 35.5. The van der Waals surface area contributed by atoms with Gasteiger partial charge in [-0.1, -0.05) is 11.6 Å². The maximum atomic E-state index is 13.1. The van der Waals surface area contributed by atoms with Gasteiger partial charge in [-0.3, -0.25) is 9.59 Å². The second-order valence-electron chi connectivity index (χ2n) is 10.6. The number of anilines is 1. The molecule has 0 radical (unpaired) electrons. The van der Waals surface area contributed by atoms with Crippen LogP contribution in [0, 0.1) is 6.92 Å². The van der Waals surface area contributed by atoms with E-state index in [1.807, 2.05) is 19.1 Å². The Hall–Kier alpha value is -2.80. The molecule has 1 aliphatic carbocycles. The number of amides is 2. The molecule has 2 saturated heterocycles. The Bertz CT molecular complexity index is 1100. The van der Waals surface area contributed by atoms with Crippen molar-refractivity contribution in [3.8, 4) is 5.75 Å². The number of carbonyl (C=O) groups is 2. The molecule has 1 saturated carbocycles. The molecule has 2 unspecified atom stereocenters. The van der Waals surface area contributed by atoms with E-state index in [1.54, 1.807) is 38.1 Å². The highest BCUT2D eigenvalue weighted by Gasteiger charge is 2.43. The van der Waals surface area contributed by atoms with Gasteiger partial charge in [-0.05, 0) is 95.7 Å². The lowest BCUT2D eigenvalue weighted by Gasteiger charge is -2.41. The molecule has 0 spiro atoms. The summed E-state index contributed by atoms with van der Waals surface area (Å²) in [6, 6.07) is 12.0. The number of halogens is 1. The van der Waals surface area contributed by atoms with Crippen LogP contribution >= 0.6 is 11.6 Å². The first-order valence-corrected chi connectivity index (χ1v) is 12.9. The molecule has 8 heteroatoms. The third kappa shape index (κ3) is 5.25. The number of nitrogens with zero attached hydrogens (tertiary/aromatic N) is 2. The van der Waals surface area contributed by atoms with Crippen molar-refractivity contribution < 1.29 is 14.3 Å². The van der Waals surface area contributed by atoms with Gasteiger partial charge in [0.05, 0.1) is 11.3 Å².